The fourth-order valence-electron chi connectivity index (χ4n) is 2.36. The normalized spacial score (nSPS) is 12.6. The second-order valence-electron chi connectivity index (χ2n) is 5.56. The van der Waals surface area contributed by atoms with Crippen molar-refractivity contribution in [1.29, 1.82) is 0 Å². The van der Waals surface area contributed by atoms with E-state index in [1.165, 1.54) is 19.1 Å². The molecule has 1 atom stereocenters. The lowest BCUT2D eigenvalue weighted by Gasteiger charge is -2.26. The summed E-state index contributed by atoms with van der Waals surface area (Å²) in [6, 6.07) is 8.82. The van der Waals surface area contributed by atoms with Crippen LogP contribution in [0.2, 0.25) is 0 Å². The first kappa shape index (κ1) is 18.8. The molecular formula is C18H17F4NO2. The molecule has 0 saturated heterocycles. The van der Waals surface area contributed by atoms with E-state index in [1.807, 2.05) is 0 Å². The van der Waals surface area contributed by atoms with E-state index in [2.05, 4.69) is 0 Å². The molecular weight excluding hydrogens is 338 g/mol. The molecule has 2 aromatic rings. The van der Waals surface area contributed by atoms with Gasteiger partial charge in [0, 0.05) is 12.6 Å². The van der Waals surface area contributed by atoms with Gasteiger partial charge in [-0.3, -0.25) is 4.79 Å². The molecule has 0 spiro atoms. The Kier molecular flexibility index (Phi) is 5.35. The van der Waals surface area contributed by atoms with Crippen molar-refractivity contribution in [3.05, 3.63) is 65.0 Å². The van der Waals surface area contributed by atoms with Crippen molar-refractivity contribution >= 4 is 5.91 Å². The van der Waals surface area contributed by atoms with Crippen molar-refractivity contribution in [2.45, 2.75) is 19.1 Å². The van der Waals surface area contributed by atoms with E-state index in [9.17, 15) is 22.4 Å². The Labute approximate surface area is 142 Å². The summed E-state index contributed by atoms with van der Waals surface area (Å²) < 4.78 is 56.9. The zero-order valence-electron chi connectivity index (χ0n) is 13.9. The first-order valence-electron chi connectivity index (χ1n) is 7.43. The van der Waals surface area contributed by atoms with Crippen LogP contribution in [0.5, 0.6) is 5.75 Å². The van der Waals surface area contributed by atoms with Gasteiger partial charge in [0.15, 0.2) is 0 Å². The third-order valence-electron chi connectivity index (χ3n) is 4.02. The Morgan fingerprint density at radius 1 is 1.12 bits per heavy atom. The van der Waals surface area contributed by atoms with Crippen molar-refractivity contribution in [2.75, 3.05) is 14.2 Å². The fraction of sp³-hybridized carbons (Fsp3) is 0.278. The lowest BCUT2D eigenvalue weighted by molar-refractivity contribution is -0.140. The van der Waals surface area contributed by atoms with Gasteiger partial charge in [0.2, 0.25) is 0 Å². The van der Waals surface area contributed by atoms with Crippen LogP contribution in [-0.4, -0.2) is 25.0 Å². The number of nitrogens with zero attached hydrogens (tertiary/aromatic N) is 1. The van der Waals surface area contributed by atoms with E-state index in [0.717, 1.165) is 11.6 Å². The molecule has 1 amide bonds. The molecule has 2 rings (SSSR count). The van der Waals surface area contributed by atoms with Gasteiger partial charge < -0.3 is 9.64 Å². The maximum atomic E-state index is 13.4. The fourth-order valence-corrected chi connectivity index (χ4v) is 2.36. The van der Waals surface area contributed by atoms with Gasteiger partial charge in [0.05, 0.1) is 18.7 Å². The van der Waals surface area contributed by atoms with Crippen molar-refractivity contribution in [2.24, 2.45) is 0 Å². The summed E-state index contributed by atoms with van der Waals surface area (Å²) in [4.78, 5) is 13.8. The van der Waals surface area contributed by atoms with Crippen LogP contribution in [0.1, 0.15) is 34.5 Å². The van der Waals surface area contributed by atoms with Gasteiger partial charge in [-0.2, -0.15) is 13.2 Å². The summed E-state index contributed by atoms with van der Waals surface area (Å²) in [5.74, 6) is -1.39. The van der Waals surface area contributed by atoms with E-state index in [4.69, 9.17) is 4.74 Å². The van der Waals surface area contributed by atoms with Gasteiger partial charge in [-0.15, -0.1) is 0 Å². The van der Waals surface area contributed by atoms with Gasteiger partial charge in [-0.05, 0) is 42.8 Å². The number of alkyl halides is 3. The molecule has 0 heterocycles. The number of carbonyl (C=O) groups excluding carboxylic acids is 1. The second kappa shape index (κ2) is 7.13. The maximum Gasteiger partial charge on any atom is 0.419 e. The molecule has 0 aliphatic heterocycles. The summed E-state index contributed by atoms with van der Waals surface area (Å²) in [5, 5.41) is 0. The van der Waals surface area contributed by atoms with E-state index < -0.39 is 29.5 Å². The van der Waals surface area contributed by atoms with Crippen LogP contribution in [0.4, 0.5) is 17.6 Å². The van der Waals surface area contributed by atoms with E-state index in [-0.39, 0.29) is 5.56 Å². The number of benzene rings is 2. The van der Waals surface area contributed by atoms with Crippen molar-refractivity contribution in [3.63, 3.8) is 0 Å². The van der Waals surface area contributed by atoms with E-state index in [0.29, 0.717) is 17.9 Å². The molecule has 0 aliphatic rings. The standard InChI is InChI=1S/C18H17F4NO2/c1-11(12-4-7-14(25-3)8-5-12)23(2)17(24)13-6-9-16(19)15(10-13)18(20,21)22/h4-11H,1-3H3. The molecule has 0 aliphatic carbocycles. The monoisotopic (exact) mass is 355 g/mol. The summed E-state index contributed by atoms with van der Waals surface area (Å²) in [6.45, 7) is 1.74. The number of carbonyl (C=O) groups is 1. The number of rotatable bonds is 4. The molecule has 0 radical (unpaired) electrons. The van der Waals surface area contributed by atoms with E-state index in [1.54, 1.807) is 31.2 Å². The predicted molar refractivity (Wildman–Crippen MR) is 84.9 cm³/mol. The summed E-state index contributed by atoms with van der Waals surface area (Å²) in [5.41, 5.74) is -0.893. The Morgan fingerprint density at radius 3 is 2.24 bits per heavy atom. The molecule has 0 saturated carbocycles. The molecule has 0 bridgehead atoms. The molecule has 2 aromatic carbocycles. The molecule has 7 heteroatoms. The third kappa shape index (κ3) is 4.10. The number of halogens is 4. The SMILES string of the molecule is COc1ccc(C(C)N(C)C(=O)c2ccc(F)c(C(F)(F)F)c2)cc1. The molecule has 25 heavy (non-hydrogen) atoms. The minimum Gasteiger partial charge on any atom is -0.497 e. The van der Waals surface area contributed by atoms with Crippen molar-refractivity contribution in [3.8, 4) is 5.75 Å². The van der Waals surface area contributed by atoms with Crippen LogP contribution in [0.15, 0.2) is 42.5 Å². The Bertz CT molecular complexity index is 757. The van der Waals surface area contributed by atoms with Crippen LogP contribution in [-0.2, 0) is 6.18 Å². The highest BCUT2D eigenvalue weighted by Gasteiger charge is 2.35. The zero-order chi connectivity index (χ0) is 18.8. The summed E-state index contributed by atoms with van der Waals surface area (Å²) in [7, 11) is 3.01. The van der Waals surface area contributed by atoms with Crippen LogP contribution in [0.3, 0.4) is 0 Å². The smallest absolute Gasteiger partial charge is 0.419 e. The minimum absolute atomic E-state index is 0.225. The Balaban J connectivity index is 2.27. The number of amides is 1. The molecule has 0 fully saturated rings. The Morgan fingerprint density at radius 2 is 1.72 bits per heavy atom. The molecule has 0 N–H and O–H groups in total. The highest BCUT2D eigenvalue weighted by Crippen LogP contribution is 2.32. The number of ether oxygens (including phenoxy) is 1. The molecule has 134 valence electrons. The quantitative estimate of drug-likeness (QED) is 0.745. The topological polar surface area (TPSA) is 29.5 Å². The molecule has 0 aromatic heterocycles. The Hall–Kier alpha value is -2.57. The first-order valence-corrected chi connectivity index (χ1v) is 7.43. The van der Waals surface area contributed by atoms with Gasteiger partial charge in [0.1, 0.15) is 11.6 Å². The van der Waals surface area contributed by atoms with Crippen LogP contribution < -0.4 is 4.74 Å². The minimum atomic E-state index is -4.86. The van der Waals surface area contributed by atoms with Crippen LogP contribution in [0.25, 0.3) is 0 Å². The lowest BCUT2D eigenvalue weighted by atomic mass is 10.0. The van der Waals surface area contributed by atoms with Crippen LogP contribution in [0, 0.1) is 5.82 Å². The zero-order valence-corrected chi connectivity index (χ0v) is 13.9. The maximum absolute atomic E-state index is 13.4. The van der Waals surface area contributed by atoms with Crippen molar-refractivity contribution in [1.82, 2.24) is 4.90 Å². The highest BCUT2D eigenvalue weighted by molar-refractivity contribution is 5.94. The molecule has 1 unspecified atom stereocenters. The van der Waals surface area contributed by atoms with E-state index >= 15 is 0 Å². The first-order chi connectivity index (χ1) is 11.6. The summed E-state index contributed by atoms with van der Waals surface area (Å²) >= 11 is 0. The van der Waals surface area contributed by atoms with Crippen LogP contribution >= 0.6 is 0 Å². The van der Waals surface area contributed by atoms with Gasteiger partial charge in [-0.25, -0.2) is 4.39 Å². The number of hydrogen-bond acceptors (Lipinski definition) is 2. The highest BCUT2D eigenvalue weighted by atomic mass is 19.4. The van der Waals surface area contributed by atoms with Gasteiger partial charge >= 0.3 is 6.18 Å². The number of methoxy groups -OCH3 is 1. The van der Waals surface area contributed by atoms with Gasteiger partial charge in [0.25, 0.3) is 5.91 Å². The average Bonchev–Trinajstić information content (AvgIpc) is 2.59. The molecule has 3 nitrogen and oxygen atoms in total. The number of hydrogen-bond donors (Lipinski definition) is 0. The van der Waals surface area contributed by atoms with Gasteiger partial charge in [-0.1, -0.05) is 12.1 Å². The largest absolute Gasteiger partial charge is 0.497 e. The van der Waals surface area contributed by atoms with Crippen molar-refractivity contribution < 1.29 is 27.1 Å². The average molecular weight is 355 g/mol. The summed E-state index contributed by atoms with van der Waals surface area (Å²) in [6.07, 6.45) is -4.86. The predicted octanol–water partition coefficient (Wildman–Crippen LogP) is 4.69. The second-order valence-corrected chi connectivity index (χ2v) is 5.56. The third-order valence-corrected chi connectivity index (χ3v) is 4.02. The lowest BCUT2D eigenvalue weighted by Crippen LogP contribution is -2.30.